The first-order valence-electron chi connectivity index (χ1n) is 6.91. The van der Waals surface area contributed by atoms with Gasteiger partial charge in [-0.25, -0.2) is 0 Å². The number of benzene rings is 2. The number of halogens is 1. The summed E-state index contributed by atoms with van der Waals surface area (Å²) < 4.78 is 0.977. The standard InChI is InChI=1S/C18H15BrS2/c19-17-9-4-8-16(14-17)18(20-12-5-13-21-18)11-10-15-6-2-1-3-7-15/h1-4,6-9,14H,5,12-13H2. The van der Waals surface area contributed by atoms with Crippen molar-refractivity contribution in [2.75, 3.05) is 11.5 Å². The maximum absolute atomic E-state index is 3.58. The van der Waals surface area contributed by atoms with Gasteiger partial charge in [-0.2, -0.15) is 0 Å². The molecule has 2 aromatic carbocycles. The SMILES string of the molecule is Brc1cccc(C2(C#Cc3ccccc3)SCCCS2)c1. The summed E-state index contributed by atoms with van der Waals surface area (Å²) >= 11 is 7.50. The highest BCUT2D eigenvalue weighted by molar-refractivity contribution is 9.10. The van der Waals surface area contributed by atoms with Crippen molar-refractivity contribution in [2.45, 2.75) is 10.5 Å². The fraction of sp³-hybridized carbons (Fsp3) is 0.222. The summed E-state index contributed by atoms with van der Waals surface area (Å²) in [6.45, 7) is 0. The zero-order chi connectivity index (χ0) is 14.5. The van der Waals surface area contributed by atoms with Crippen LogP contribution in [0.3, 0.4) is 0 Å². The van der Waals surface area contributed by atoms with Crippen molar-refractivity contribution >= 4 is 39.5 Å². The first-order valence-corrected chi connectivity index (χ1v) is 9.67. The predicted octanol–water partition coefficient (Wildman–Crippen LogP) is 5.52. The molecule has 3 heteroatoms. The molecule has 0 aromatic heterocycles. The zero-order valence-corrected chi connectivity index (χ0v) is 14.7. The van der Waals surface area contributed by atoms with E-state index in [1.165, 1.54) is 23.5 Å². The van der Waals surface area contributed by atoms with Gasteiger partial charge in [-0.15, -0.1) is 23.5 Å². The second kappa shape index (κ2) is 6.96. The van der Waals surface area contributed by atoms with Crippen molar-refractivity contribution in [1.29, 1.82) is 0 Å². The maximum Gasteiger partial charge on any atom is 0.148 e. The van der Waals surface area contributed by atoms with Crippen LogP contribution < -0.4 is 0 Å². The quantitative estimate of drug-likeness (QED) is 0.602. The van der Waals surface area contributed by atoms with Crippen molar-refractivity contribution in [2.24, 2.45) is 0 Å². The van der Waals surface area contributed by atoms with Crippen LogP contribution in [0, 0.1) is 11.8 Å². The molecule has 0 amide bonds. The summed E-state index contributed by atoms with van der Waals surface area (Å²) in [5.74, 6) is 9.26. The predicted molar refractivity (Wildman–Crippen MR) is 98.7 cm³/mol. The Morgan fingerprint density at radius 2 is 1.71 bits per heavy atom. The molecule has 1 fully saturated rings. The molecule has 0 atom stereocenters. The molecule has 0 nitrogen and oxygen atoms in total. The first kappa shape index (κ1) is 15.1. The molecule has 0 saturated carbocycles. The average molecular weight is 375 g/mol. The molecule has 0 spiro atoms. The van der Waals surface area contributed by atoms with E-state index in [9.17, 15) is 0 Å². The van der Waals surface area contributed by atoms with E-state index in [0.29, 0.717) is 0 Å². The highest BCUT2D eigenvalue weighted by Crippen LogP contribution is 2.50. The topological polar surface area (TPSA) is 0 Å². The van der Waals surface area contributed by atoms with Crippen LogP contribution in [-0.2, 0) is 4.08 Å². The minimum atomic E-state index is -0.141. The van der Waals surface area contributed by atoms with Crippen LogP contribution in [0.25, 0.3) is 0 Å². The van der Waals surface area contributed by atoms with E-state index in [0.717, 1.165) is 10.0 Å². The van der Waals surface area contributed by atoms with Gasteiger partial charge in [0.15, 0.2) is 0 Å². The largest absolute Gasteiger partial charge is 0.148 e. The lowest BCUT2D eigenvalue weighted by atomic mass is 10.1. The molecule has 1 heterocycles. The van der Waals surface area contributed by atoms with E-state index in [2.05, 4.69) is 64.2 Å². The number of rotatable bonds is 1. The Hall–Kier alpha value is -0.820. The molecule has 0 aliphatic carbocycles. The van der Waals surface area contributed by atoms with Crippen molar-refractivity contribution in [3.8, 4) is 11.8 Å². The summed E-state index contributed by atoms with van der Waals surface area (Å²) in [7, 11) is 0. The molecule has 1 aliphatic heterocycles. The number of thioether (sulfide) groups is 2. The Morgan fingerprint density at radius 3 is 2.43 bits per heavy atom. The Labute approximate surface area is 143 Å². The molecule has 0 radical (unpaired) electrons. The molecule has 0 N–H and O–H groups in total. The van der Waals surface area contributed by atoms with E-state index < -0.39 is 0 Å². The number of hydrogen-bond donors (Lipinski definition) is 0. The van der Waals surface area contributed by atoms with Gasteiger partial charge in [0, 0.05) is 10.0 Å². The van der Waals surface area contributed by atoms with E-state index >= 15 is 0 Å². The molecular formula is C18H15BrS2. The summed E-state index contributed by atoms with van der Waals surface area (Å²) in [4.78, 5) is 0. The van der Waals surface area contributed by atoms with Crippen LogP contribution in [-0.4, -0.2) is 11.5 Å². The molecule has 106 valence electrons. The number of hydrogen-bond acceptors (Lipinski definition) is 2. The molecular weight excluding hydrogens is 360 g/mol. The van der Waals surface area contributed by atoms with Crippen LogP contribution in [0.1, 0.15) is 17.5 Å². The molecule has 1 saturated heterocycles. The van der Waals surface area contributed by atoms with Crippen molar-refractivity contribution < 1.29 is 0 Å². The monoisotopic (exact) mass is 374 g/mol. The molecule has 0 unspecified atom stereocenters. The van der Waals surface area contributed by atoms with Gasteiger partial charge in [0.25, 0.3) is 0 Å². The summed E-state index contributed by atoms with van der Waals surface area (Å²) in [5, 5.41) is 0. The van der Waals surface area contributed by atoms with Crippen LogP contribution in [0.15, 0.2) is 59.1 Å². The highest BCUT2D eigenvalue weighted by Gasteiger charge is 2.34. The lowest BCUT2D eigenvalue weighted by Gasteiger charge is -2.31. The van der Waals surface area contributed by atoms with E-state index in [4.69, 9.17) is 0 Å². The molecule has 0 bridgehead atoms. The van der Waals surface area contributed by atoms with Crippen molar-refractivity contribution in [1.82, 2.24) is 0 Å². The molecule has 3 rings (SSSR count). The van der Waals surface area contributed by atoms with Crippen LogP contribution in [0.2, 0.25) is 0 Å². The highest BCUT2D eigenvalue weighted by atomic mass is 79.9. The van der Waals surface area contributed by atoms with E-state index in [1.807, 2.05) is 41.7 Å². The van der Waals surface area contributed by atoms with Crippen molar-refractivity contribution in [3.63, 3.8) is 0 Å². The third kappa shape index (κ3) is 3.69. The van der Waals surface area contributed by atoms with E-state index in [1.54, 1.807) is 0 Å². The van der Waals surface area contributed by atoms with Gasteiger partial charge < -0.3 is 0 Å². The second-order valence-corrected chi connectivity index (χ2v) is 8.59. The van der Waals surface area contributed by atoms with Gasteiger partial charge in [0.2, 0.25) is 0 Å². The van der Waals surface area contributed by atoms with Crippen LogP contribution in [0.5, 0.6) is 0 Å². The zero-order valence-electron chi connectivity index (χ0n) is 11.5. The maximum atomic E-state index is 3.58. The molecule has 21 heavy (non-hydrogen) atoms. The minimum Gasteiger partial charge on any atom is -0.127 e. The van der Waals surface area contributed by atoms with Gasteiger partial charge in [-0.1, -0.05) is 58.1 Å². The second-order valence-electron chi connectivity index (χ2n) is 4.79. The fourth-order valence-corrected chi connectivity index (χ4v) is 5.61. The summed E-state index contributed by atoms with van der Waals surface area (Å²) in [6, 6.07) is 18.8. The lowest BCUT2D eigenvalue weighted by Crippen LogP contribution is -2.20. The Morgan fingerprint density at radius 1 is 0.952 bits per heavy atom. The van der Waals surface area contributed by atoms with Crippen LogP contribution in [0.4, 0.5) is 0 Å². The summed E-state index contributed by atoms with van der Waals surface area (Å²) in [5.41, 5.74) is 2.37. The fourth-order valence-electron chi connectivity index (χ4n) is 2.21. The smallest absolute Gasteiger partial charge is 0.127 e. The third-order valence-corrected chi connectivity index (χ3v) is 6.92. The minimum absolute atomic E-state index is 0.141. The average Bonchev–Trinajstić information content (AvgIpc) is 2.55. The van der Waals surface area contributed by atoms with Crippen LogP contribution >= 0.6 is 39.5 Å². The first-order chi connectivity index (χ1) is 10.3. The van der Waals surface area contributed by atoms with Gasteiger partial charge in [-0.05, 0) is 47.8 Å². The lowest BCUT2D eigenvalue weighted by molar-refractivity contribution is 1.05. The Balaban J connectivity index is 2.00. The Kier molecular flexibility index (Phi) is 5.00. The molecule has 2 aromatic rings. The summed E-state index contributed by atoms with van der Waals surface area (Å²) in [6.07, 6.45) is 1.26. The molecule has 1 aliphatic rings. The van der Waals surface area contributed by atoms with Gasteiger partial charge in [-0.3, -0.25) is 0 Å². The van der Waals surface area contributed by atoms with E-state index in [-0.39, 0.29) is 4.08 Å². The normalized spacial score (nSPS) is 16.8. The van der Waals surface area contributed by atoms with Gasteiger partial charge in [0.1, 0.15) is 4.08 Å². The Bertz CT molecular complexity index is 664. The van der Waals surface area contributed by atoms with Gasteiger partial charge in [0.05, 0.1) is 0 Å². The van der Waals surface area contributed by atoms with Crippen molar-refractivity contribution in [3.05, 3.63) is 70.2 Å². The van der Waals surface area contributed by atoms with Gasteiger partial charge >= 0.3 is 0 Å². The third-order valence-electron chi connectivity index (χ3n) is 3.25.